The topological polar surface area (TPSA) is 75.6 Å². The number of hydrogen-bond donors (Lipinski definition) is 3. The highest BCUT2D eigenvalue weighted by Crippen LogP contribution is 2.38. The van der Waals surface area contributed by atoms with Crippen LogP contribution in [0.3, 0.4) is 0 Å². The molecular weight excluding hydrogens is 446 g/mol. The Bertz CT molecular complexity index is 1380. The van der Waals surface area contributed by atoms with E-state index in [-0.39, 0.29) is 11.0 Å². The number of nitrogens with zero attached hydrogens (tertiary/aromatic N) is 3. The predicted octanol–water partition coefficient (Wildman–Crippen LogP) is 4.43. The third kappa shape index (κ3) is 4.50. The summed E-state index contributed by atoms with van der Waals surface area (Å²) in [4.78, 5) is 1.38. The number of quaternary nitrogens is 1. The summed E-state index contributed by atoms with van der Waals surface area (Å²) in [6, 6.07) is 23.8. The Morgan fingerprint density at radius 3 is 2.74 bits per heavy atom. The molecule has 0 saturated carbocycles. The highest BCUT2D eigenvalue weighted by molar-refractivity contribution is 7.80. The van der Waals surface area contributed by atoms with E-state index in [1.54, 1.807) is 7.11 Å². The molecule has 1 unspecified atom stereocenters. The molecule has 1 aliphatic heterocycles. The molecule has 0 spiro atoms. The van der Waals surface area contributed by atoms with E-state index >= 15 is 0 Å². The van der Waals surface area contributed by atoms with Crippen molar-refractivity contribution >= 4 is 39.6 Å². The number of aromatic hydroxyl groups is 1. The van der Waals surface area contributed by atoms with Crippen LogP contribution in [0, 0.1) is 0 Å². The summed E-state index contributed by atoms with van der Waals surface area (Å²) in [6.07, 6.45) is 1.03. The Morgan fingerprint density at radius 1 is 1.09 bits per heavy atom. The van der Waals surface area contributed by atoms with Gasteiger partial charge in [0.1, 0.15) is 12.3 Å². The summed E-state index contributed by atoms with van der Waals surface area (Å²) >= 11 is 5.35. The molecule has 4 aromatic rings. The van der Waals surface area contributed by atoms with Crippen LogP contribution in [0.2, 0.25) is 0 Å². The van der Waals surface area contributed by atoms with E-state index in [1.807, 2.05) is 53.1 Å². The van der Waals surface area contributed by atoms with Crippen LogP contribution in [-0.4, -0.2) is 28.4 Å². The zero-order valence-corrected chi connectivity index (χ0v) is 19.7. The van der Waals surface area contributed by atoms with Crippen LogP contribution in [0.15, 0.2) is 83.0 Å². The summed E-state index contributed by atoms with van der Waals surface area (Å²) in [5.74, 6) is 0.814. The van der Waals surface area contributed by atoms with Crippen LogP contribution >= 0.6 is 12.2 Å². The zero-order chi connectivity index (χ0) is 23.5. The monoisotopic (exact) mass is 472 g/mol. The first-order valence-electron chi connectivity index (χ1n) is 11.2. The number of anilines is 1. The van der Waals surface area contributed by atoms with Gasteiger partial charge >= 0.3 is 0 Å². The van der Waals surface area contributed by atoms with Crippen LogP contribution in [0.5, 0.6) is 11.6 Å². The molecule has 0 radical (unpaired) electrons. The molecule has 8 heteroatoms. The van der Waals surface area contributed by atoms with Gasteiger partial charge in [-0.2, -0.15) is 0 Å². The Hall–Kier alpha value is -3.75. The van der Waals surface area contributed by atoms with E-state index in [9.17, 15) is 5.11 Å². The van der Waals surface area contributed by atoms with Gasteiger partial charge in [-0.3, -0.25) is 4.57 Å². The fraction of sp³-hybridized carbons (Fsp3) is 0.192. The Balaban J connectivity index is 1.38. The third-order valence-electron chi connectivity index (χ3n) is 6.17. The van der Waals surface area contributed by atoms with Gasteiger partial charge in [0, 0.05) is 29.1 Å². The van der Waals surface area contributed by atoms with Gasteiger partial charge in [0.25, 0.3) is 0 Å². The summed E-state index contributed by atoms with van der Waals surface area (Å²) in [5.41, 5.74) is 4.88. The molecule has 0 saturated heterocycles. The maximum Gasteiger partial charge on any atom is 0.225 e. The quantitative estimate of drug-likeness (QED) is 0.297. The Morgan fingerprint density at radius 2 is 1.88 bits per heavy atom. The summed E-state index contributed by atoms with van der Waals surface area (Å²) < 4.78 is 7.16. The molecule has 34 heavy (non-hydrogen) atoms. The van der Waals surface area contributed by atoms with Crippen molar-refractivity contribution in [3.8, 4) is 11.6 Å². The van der Waals surface area contributed by atoms with Gasteiger partial charge < -0.3 is 20.1 Å². The minimum absolute atomic E-state index is 0.0977. The molecule has 0 aliphatic carbocycles. The smallest absolute Gasteiger partial charge is 0.225 e. The van der Waals surface area contributed by atoms with E-state index < -0.39 is 0 Å². The zero-order valence-electron chi connectivity index (χ0n) is 18.9. The molecule has 1 aliphatic rings. The molecule has 0 fully saturated rings. The van der Waals surface area contributed by atoms with Crippen molar-refractivity contribution in [2.75, 3.05) is 19.0 Å². The highest BCUT2D eigenvalue weighted by Gasteiger charge is 2.23. The number of hydrogen-bond acceptors (Lipinski definition) is 4. The average molecular weight is 473 g/mol. The van der Waals surface area contributed by atoms with E-state index in [0.29, 0.717) is 18.1 Å². The van der Waals surface area contributed by atoms with Crippen LogP contribution < -0.4 is 15.0 Å². The fourth-order valence-electron chi connectivity index (χ4n) is 4.48. The molecule has 1 atom stereocenters. The maximum atomic E-state index is 11.1. The van der Waals surface area contributed by atoms with E-state index in [0.717, 1.165) is 36.1 Å². The van der Waals surface area contributed by atoms with Crippen LogP contribution in [0.1, 0.15) is 11.1 Å². The van der Waals surface area contributed by atoms with Crippen molar-refractivity contribution in [3.05, 3.63) is 83.9 Å². The maximum absolute atomic E-state index is 11.1. The number of thiocarbonyl (C=S) groups is 1. The van der Waals surface area contributed by atoms with Crippen LogP contribution in [0.4, 0.5) is 11.4 Å². The van der Waals surface area contributed by atoms with Crippen molar-refractivity contribution in [2.45, 2.75) is 19.6 Å². The molecular formula is C26H26N5O2S+. The van der Waals surface area contributed by atoms with E-state index in [2.05, 4.69) is 39.8 Å². The molecule has 172 valence electrons. The first kappa shape index (κ1) is 22.1. The summed E-state index contributed by atoms with van der Waals surface area (Å²) in [5, 5.41) is 23.7. The van der Waals surface area contributed by atoms with Crippen LogP contribution in [0.25, 0.3) is 10.9 Å². The van der Waals surface area contributed by atoms with Gasteiger partial charge in [-0.1, -0.05) is 48.5 Å². The SMILES string of the molecule is COc1cccc(NC(=S)N=Nc2c(O)n(C[NH+]3CCc4ccccc4C3)c3ccccc23)c1. The normalized spacial score (nSPS) is 15.4. The molecule has 3 N–H and O–H groups in total. The minimum atomic E-state index is 0.0977. The molecule has 7 nitrogen and oxygen atoms in total. The Kier molecular flexibility index (Phi) is 6.24. The summed E-state index contributed by atoms with van der Waals surface area (Å²) in [7, 11) is 1.61. The number of fused-ring (bicyclic) bond motifs is 2. The van der Waals surface area contributed by atoms with Gasteiger partial charge in [0.2, 0.25) is 11.0 Å². The number of aromatic nitrogens is 1. The van der Waals surface area contributed by atoms with Crippen molar-refractivity contribution < 1.29 is 14.7 Å². The van der Waals surface area contributed by atoms with E-state index in [4.69, 9.17) is 17.0 Å². The lowest BCUT2D eigenvalue weighted by Crippen LogP contribution is -3.11. The molecule has 0 amide bonds. The third-order valence-corrected chi connectivity index (χ3v) is 6.35. The lowest BCUT2D eigenvalue weighted by Gasteiger charge is -2.26. The van der Waals surface area contributed by atoms with Gasteiger partial charge in [0.05, 0.1) is 19.2 Å². The van der Waals surface area contributed by atoms with Gasteiger partial charge in [0.15, 0.2) is 12.4 Å². The molecule has 3 aromatic carbocycles. The second-order valence-corrected chi connectivity index (χ2v) is 8.72. The number of methoxy groups -OCH3 is 1. The number of azo groups is 1. The van der Waals surface area contributed by atoms with Gasteiger partial charge in [-0.25, -0.2) is 0 Å². The minimum Gasteiger partial charge on any atom is -0.497 e. The number of nitrogens with one attached hydrogen (secondary N) is 2. The Labute approximate surface area is 203 Å². The average Bonchev–Trinajstić information content (AvgIpc) is 3.13. The van der Waals surface area contributed by atoms with Crippen molar-refractivity contribution in [3.63, 3.8) is 0 Å². The fourth-order valence-corrected chi connectivity index (χ4v) is 4.64. The van der Waals surface area contributed by atoms with Crippen molar-refractivity contribution in [2.24, 2.45) is 10.2 Å². The molecule has 0 bridgehead atoms. The predicted molar refractivity (Wildman–Crippen MR) is 137 cm³/mol. The second kappa shape index (κ2) is 9.62. The van der Waals surface area contributed by atoms with Gasteiger partial charge in [-0.05, 0) is 36.0 Å². The van der Waals surface area contributed by atoms with Gasteiger partial charge in [-0.15, -0.1) is 10.2 Å². The standard InChI is InChI=1S/C26H25N5O2S/c1-33-21-10-6-9-20(15-21)27-26(34)29-28-24-22-11-4-5-12-23(22)31(25(24)32)17-30-14-13-18-7-2-3-8-19(18)16-30/h2-12,15,32H,13-14,16-17H2,1H3,(H,27,34)/p+1. The largest absolute Gasteiger partial charge is 0.497 e. The number of benzene rings is 3. The number of rotatable bonds is 5. The lowest BCUT2D eigenvalue weighted by atomic mass is 10.0. The van der Waals surface area contributed by atoms with Crippen molar-refractivity contribution in [1.82, 2.24) is 4.57 Å². The number of para-hydroxylation sites is 1. The molecule has 1 aromatic heterocycles. The highest BCUT2D eigenvalue weighted by atomic mass is 32.1. The van der Waals surface area contributed by atoms with Crippen molar-refractivity contribution in [1.29, 1.82) is 0 Å². The lowest BCUT2D eigenvalue weighted by molar-refractivity contribution is -0.938. The first-order valence-corrected chi connectivity index (χ1v) is 11.6. The van der Waals surface area contributed by atoms with Crippen LogP contribution in [-0.2, 0) is 19.6 Å². The molecule has 2 heterocycles. The van der Waals surface area contributed by atoms with E-state index in [1.165, 1.54) is 16.0 Å². The second-order valence-electron chi connectivity index (χ2n) is 8.33. The molecule has 5 rings (SSSR count). The first-order chi connectivity index (χ1) is 16.6. The number of ether oxygens (including phenoxy) is 1. The summed E-state index contributed by atoms with van der Waals surface area (Å²) in [6.45, 7) is 2.57.